The lowest BCUT2D eigenvalue weighted by Crippen LogP contribution is -2.30. The quantitative estimate of drug-likeness (QED) is 0.461. The van der Waals surface area contributed by atoms with Crippen LogP contribution in [-0.2, 0) is 19.1 Å². The first-order chi connectivity index (χ1) is 9.07. The van der Waals surface area contributed by atoms with E-state index in [2.05, 4.69) is 0 Å². The number of imide groups is 1. The number of nitrogens with zero attached hydrogens (tertiary/aromatic N) is 1. The zero-order valence-corrected chi connectivity index (χ0v) is 10.8. The van der Waals surface area contributed by atoms with Gasteiger partial charge >= 0.3 is 5.97 Å². The number of rotatable bonds is 3. The van der Waals surface area contributed by atoms with Gasteiger partial charge in [0.05, 0.1) is 12.5 Å². The van der Waals surface area contributed by atoms with Crippen molar-refractivity contribution in [2.24, 2.45) is 5.92 Å². The molecule has 1 fully saturated rings. The second-order valence-corrected chi connectivity index (χ2v) is 4.35. The molecule has 1 aliphatic rings. The van der Waals surface area contributed by atoms with Gasteiger partial charge in [-0.25, -0.2) is 0 Å². The molecule has 0 radical (unpaired) electrons. The molecule has 5 heteroatoms. The fraction of sp³-hybridized carbons (Fsp3) is 0.357. The van der Waals surface area contributed by atoms with Crippen molar-refractivity contribution >= 4 is 17.8 Å². The SMILES string of the molecule is CCOC(=O)C1C(=O)N(C)C(=O)C1c1ccccc1. The van der Waals surface area contributed by atoms with Crippen molar-refractivity contribution in [3.8, 4) is 0 Å². The number of carbonyl (C=O) groups excluding carboxylic acids is 3. The van der Waals surface area contributed by atoms with Crippen LogP contribution in [0.2, 0.25) is 0 Å². The van der Waals surface area contributed by atoms with Crippen molar-refractivity contribution in [1.82, 2.24) is 4.90 Å². The summed E-state index contributed by atoms with van der Waals surface area (Å²) in [6.45, 7) is 1.85. The Balaban J connectivity index is 2.40. The summed E-state index contributed by atoms with van der Waals surface area (Å²) < 4.78 is 4.91. The first kappa shape index (κ1) is 13.3. The maximum atomic E-state index is 12.1. The summed E-state index contributed by atoms with van der Waals surface area (Å²) in [4.78, 5) is 37.1. The van der Waals surface area contributed by atoms with Crippen molar-refractivity contribution in [2.75, 3.05) is 13.7 Å². The molecule has 2 atom stereocenters. The molecule has 0 aliphatic carbocycles. The van der Waals surface area contributed by atoms with Crippen molar-refractivity contribution < 1.29 is 19.1 Å². The fourth-order valence-corrected chi connectivity index (χ4v) is 2.28. The second kappa shape index (κ2) is 5.22. The largest absolute Gasteiger partial charge is 0.465 e. The summed E-state index contributed by atoms with van der Waals surface area (Å²) in [5, 5.41) is 0. The average Bonchev–Trinajstić information content (AvgIpc) is 2.64. The van der Waals surface area contributed by atoms with Gasteiger partial charge in [0, 0.05) is 7.05 Å². The van der Waals surface area contributed by atoms with Crippen LogP contribution in [0.25, 0.3) is 0 Å². The zero-order valence-electron chi connectivity index (χ0n) is 10.8. The lowest BCUT2D eigenvalue weighted by molar-refractivity contribution is -0.152. The summed E-state index contributed by atoms with van der Waals surface area (Å²) in [5.74, 6) is -3.36. The normalized spacial score (nSPS) is 22.7. The van der Waals surface area contributed by atoms with Gasteiger partial charge in [-0.2, -0.15) is 0 Å². The molecule has 19 heavy (non-hydrogen) atoms. The summed E-state index contributed by atoms with van der Waals surface area (Å²) in [6, 6.07) is 8.83. The van der Waals surface area contributed by atoms with Gasteiger partial charge in [0.25, 0.3) is 0 Å². The Morgan fingerprint density at radius 2 is 1.84 bits per heavy atom. The van der Waals surface area contributed by atoms with Crippen molar-refractivity contribution in [3.05, 3.63) is 35.9 Å². The van der Waals surface area contributed by atoms with Gasteiger partial charge < -0.3 is 4.74 Å². The minimum absolute atomic E-state index is 0.183. The molecule has 0 bridgehead atoms. The standard InChI is InChI=1S/C14H15NO4/c1-3-19-14(18)11-10(9-7-5-4-6-8-9)12(16)15(2)13(11)17/h4-8,10-11H,3H2,1-2H3. The average molecular weight is 261 g/mol. The highest BCUT2D eigenvalue weighted by Gasteiger charge is 2.51. The highest BCUT2D eigenvalue weighted by atomic mass is 16.5. The maximum absolute atomic E-state index is 12.1. The first-order valence-electron chi connectivity index (χ1n) is 6.11. The molecule has 1 saturated heterocycles. The van der Waals surface area contributed by atoms with Gasteiger partial charge in [0.1, 0.15) is 0 Å². The number of ether oxygens (including phenoxy) is 1. The lowest BCUT2D eigenvalue weighted by atomic mass is 9.88. The molecule has 1 aromatic rings. The molecule has 2 rings (SSSR count). The van der Waals surface area contributed by atoms with Gasteiger partial charge in [0.2, 0.25) is 11.8 Å². The number of carbonyl (C=O) groups is 3. The molecule has 0 aromatic heterocycles. The Labute approximate surface area is 111 Å². The summed E-state index contributed by atoms with van der Waals surface area (Å²) in [7, 11) is 1.39. The van der Waals surface area contributed by atoms with Crippen molar-refractivity contribution in [3.63, 3.8) is 0 Å². The molecule has 100 valence electrons. The van der Waals surface area contributed by atoms with Gasteiger partial charge in [-0.3, -0.25) is 19.3 Å². The Hall–Kier alpha value is -2.17. The number of benzene rings is 1. The van der Waals surface area contributed by atoms with Crippen molar-refractivity contribution in [1.29, 1.82) is 0 Å². The molecular formula is C14H15NO4. The third-order valence-corrected chi connectivity index (χ3v) is 3.23. The molecular weight excluding hydrogens is 246 g/mol. The first-order valence-corrected chi connectivity index (χ1v) is 6.11. The van der Waals surface area contributed by atoms with Crippen molar-refractivity contribution in [2.45, 2.75) is 12.8 Å². The number of amides is 2. The number of hydrogen-bond donors (Lipinski definition) is 0. The van der Waals surface area contributed by atoms with E-state index in [-0.39, 0.29) is 12.5 Å². The number of likely N-dealkylation sites (tertiary alicyclic amines) is 1. The molecule has 5 nitrogen and oxygen atoms in total. The van der Waals surface area contributed by atoms with Crippen LogP contribution in [0.15, 0.2) is 30.3 Å². The van der Waals surface area contributed by atoms with Gasteiger partial charge in [-0.05, 0) is 12.5 Å². The van der Waals surface area contributed by atoms with E-state index in [1.54, 1.807) is 31.2 Å². The van der Waals surface area contributed by atoms with Crippen LogP contribution in [0.3, 0.4) is 0 Å². The third-order valence-electron chi connectivity index (χ3n) is 3.23. The highest BCUT2D eigenvalue weighted by Crippen LogP contribution is 2.34. The monoisotopic (exact) mass is 261 g/mol. The Kier molecular flexibility index (Phi) is 3.64. The number of esters is 1. The van der Waals surface area contributed by atoms with Crippen LogP contribution >= 0.6 is 0 Å². The Morgan fingerprint density at radius 1 is 1.21 bits per heavy atom. The third kappa shape index (κ3) is 2.23. The summed E-state index contributed by atoms with van der Waals surface area (Å²) in [5.41, 5.74) is 0.656. The van der Waals surface area contributed by atoms with E-state index in [1.807, 2.05) is 6.07 Å². The molecule has 0 spiro atoms. The molecule has 0 N–H and O–H groups in total. The fourth-order valence-electron chi connectivity index (χ4n) is 2.28. The second-order valence-electron chi connectivity index (χ2n) is 4.35. The van der Waals surface area contributed by atoms with E-state index >= 15 is 0 Å². The molecule has 1 aromatic carbocycles. The van der Waals surface area contributed by atoms with E-state index in [0.717, 1.165) is 4.90 Å². The Morgan fingerprint density at radius 3 is 2.42 bits per heavy atom. The molecule has 1 aliphatic heterocycles. The molecule has 0 saturated carbocycles. The molecule has 1 heterocycles. The molecule has 2 unspecified atom stereocenters. The van der Waals surface area contributed by atoms with E-state index < -0.39 is 23.7 Å². The summed E-state index contributed by atoms with van der Waals surface area (Å²) >= 11 is 0. The number of likely N-dealkylation sites (N-methyl/N-ethyl adjacent to an activating group) is 1. The predicted octanol–water partition coefficient (Wildman–Crippen LogP) is 0.948. The van der Waals surface area contributed by atoms with Gasteiger partial charge in [0.15, 0.2) is 5.92 Å². The van der Waals surface area contributed by atoms with E-state index in [4.69, 9.17) is 4.74 Å². The Bertz CT molecular complexity index is 511. The van der Waals surface area contributed by atoms with E-state index in [9.17, 15) is 14.4 Å². The topological polar surface area (TPSA) is 63.7 Å². The smallest absolute Gasteiger partial charge is 0.319 e. The van der Waals surface area contributed by atoms with Crippen LogP contribution in [-0.4, -0.2) is 36.3 Å². The lowest BCUT2D eigenvalue weighted by Gasteiger charge is -2.14. The van der Waals surface area contributed by atoms with Crippen LogP contribution in [0, 0.1) is 5.92 Å². The van der Waals surface area contributed by atoms with Crippen LogP contribution in [0.1, 0.15) is 18.4 Å². The predicted molar refractivity (Wildman–Crippen MR) is 67.1 cm³/mol. The van der Waals surface area contributed by atoms with E-state index in [0.29, 0.717) is 5.56 Å². The zero-order chi connectivity index (χ0) is 14.0. The minimum atomic E-state index is -1.07. The highest BCUT2D eigenvalue weighted by molar-refractivity contribution is 6.15. The van der Waals surface area contributed by atoms with Gasteiger partial charge in [-0.15, -0.1) is 0 Å². The summed E-state index contributed by atoms with van der Waals surface area (Å²) in [6.07, 6.45) is 0. The van der Waals surface area contributed by atoms with Crippen LogP contribution in [0.5, 0.6) is 0 Å². The van der Waals surface area contributed by atoms with Gasteiger partial charge in [-0.1, -0.05) is 30.3 Å². The molecule has 2 amide bonds. The van der Waals surface area contributed by atoms with Crippen LogP contribution in [0.4, 0.5) is 0 Å². The van der Waals surface area contributed by atoms with E-state index in [1.165, 1.54) is 7.05 Å². The maximum Gasteiger partial charge on any atom is 0.319 e. The van der Waals surface area contributed by atoms with Crippen LogP contribution < -0.4 is 0 Å². The number of hydrogen-bond acceptors (Lipinski definition) is 4. The minimum Gasteiger partial charge on any atom is -0.465 e.